The number of nitrogens with two attached hydrogens (primary N) is 4. The molecule has 0 fully saturated rings. The molecule has 288 valence electrons. The summed E-state index contributed by atoms with van der Waals surface area (Å²) in [5.41, 5.74) is 23.4. The first-order valence-electron chi connectivity index (χ1n) is 18.5. The molecule has 2 amide bonds. The van der Waals surface area contributed by atoms with Crippen LogP contribution < -0.4 is 48.4 Å². The minimum Gasteiger partial charge on any atom is -0.303 e. The number of amidine groups is 3. The Kier molecular flexibility index (Phi) is 27.9. The standard InChI is InChI=1S/C36H65N11O4/c1-27(29(19-23-48)25-30(37)13-9-5-6-10-14-32(38)41-3)17-21-43-46-35(50)26-36(51)47-44-22-18-28(2)31(20-24-49)45-34(40)16-12-8-7-11-15-33(39)42-4/h21-24,27-29,31,37H,5-20,25-26H2,1-4H3,(H2,38,41)(H2,39,42)(H2,40,45)(H,46,50)(H,47,51)/p+4/b37-30?,43-21-,44-22-. The summed E-state index contributed by atoms with van der Waals surface area (Å²) in [5.74, 6) is 1.30. The number of carbonyl (C=O) groups is 4. The first-order valence-corrected chi connectivity index (χ1v) is 18.5. The van der Waals surface area contributed by atoms with E-state index in [0.29, 0.717) is 44.4 Å². The fourth-order valence-corrected chi connectivity index (χ4v) is 5.44. The van der Waals surface area contributed by atoms with E-state index in [4.69, 9.17) is 22.6 Å². The van der Waals surface area contributed by atoms with Crippen molar-refractivity contribution in [3.05, 3.63) is 0 Å². The number of nitrogens with one attached hydrogen (secondary N) is 5. The van der Waals surface area contributed by atoms with Gasteiger partial charge in [0.05, 0.1) is 14.1 Å². The fraction of sp³-hybridized carbons (Fsp3) is 0.722. The Hall–Kier alpha value is -4.30. The summed E-state index contributed by atoms with van der Waals surface area (Å²) in [7, 11) is 3.64. The largest absolute Gasteiger partial charge is 0.303 e. The zero-order chi connectivity index (χ0) is 38.3. The average Bonchev–Trinajstić information content (AvgIpc) is 3.10. The van der Waals surface area contributed by atoms with Gasteiger partial charge in [0, 0.05) is 63.3 Å². The SMILES string of the molecule is C[NH+]=C(N)CCCCCCC(=[NH2+])CC(CC=O)C(C)C/C=N\NC(=O)CC(=O)N/N=C\CC(C)C(CC=O)[NH+]=C(N)CCCCCCC(N)=[NH+]C. The Morgan fingerprint density at radius 1 is 0.667 bits per heavy atom. The number of hydrazone groups is 2. The third kappa shape index (κ3) is 26.2. The lowest BCUT2D eigenvalue weighted by molar-refractivity contribution is -0.513. The van der Waals surface area contributed by atoms with E-state index in [-0.39, 0.29) is 23.8 Å². The van der Waals surface area contributed by atoms with E-state index < -0.39 is 18.2 Å². The highest BCUT2D eigenvalue weighted by Crippen LogP contribution is 2.22. The van der Waals surface area contributed by atoms with Gasteiger partial charge in [0.2, 0.25) is 29.3 Å². The summed E-state index contributed by atoms with van der Waals surface area (Å²) in [5, 5.41) is 14.2. The second kappa shape index (κ2) is 30.5. The molecule has 0 aromatic heterocycles. The third-order valence-electron chi connectivity index (χ3n) is 8.95. The summed E-state index contributed by atoms with van der Waals surface area (Å²) in [6, 6.07) is -0.168. The minimum atomic E-state index is -0.579. The Morgan fingerprint density at radius 3 is 1.59 bits per heavy atom. The fourth-order valence-electron chi connectivity index (χ4n) is 5.44. The van der Waals surface area contributed by atoms with Crippen molar-refractivity contribution < 1.29 is 39.6 Å². The predicted octanol–water partition coefficient (Wildman–Crippen LogP) is -3.36. The van der Waals surface area contributed by atoms with Gasteiger partial charge in [0.15, 0.2) is 0 Å². The number of carbonyl (C=O) groups excluding carboxylic acids is 4. The molecule has 0 aromatic rings. The maximum absolute atomic E-state index is 12.2. The first kappa shape index (κ1) is 46.7. The van der Waals surface area contributed by atoms with E-state index in [1.807, 2.05) is 27.9 Å². The molecule has 15 heteroatoms. The van der Waals surface area contributed by atoms with Crippen molar-refractivity contribution >= 4 is 60.0 Å². The van der Waals surface area contributed by atoms with Gasteiger partial charge in [0.1, 0.15) is 30.7 Å². The van der Waals surface area contributed by atoms with Crippen LogP contribution in [0.5, 0.6) is 0 Å². The molecule has 15 nitrogen and oxygen atoms in total. The molecular weight excluding hydrogens is 650 g/mol. The first-order chi connectivity index (χ1) is 24.5. The van der Waals surface area contributed by atoms with Gasteiger partial charge in [-0.05, 0) is 50.4 Å². The summed E-state index contributed by atoms with van der Waals surface area (Å²) in [6.07, 6.45) is 18.4. The monoisotopic (exact) mass is 720 g/mol. The molecule has 0 aliphatic carbocycles. The van der Waals surface area contributed by atoms with Crippen molar-refractivity contribution in [3.8, 4) is 0 Å². The third-order valence-corrected chi connectivity index (χ3v) is 8.95. The van der Waals surface area contributed by atoms with Crippen LogP contribution in [0.15, 0.2) is 10.2 Å². The zero-order valence-electron chi connectivity index (χ0n) is 31.7. The van der Waals surface area contributed by atoms with Crippen LogP contribution in [0.25, 0.3) is 0 Å². The van der Waals surface area contributed by atoms with Crippen molar-refractivity contribution in [2.24, 2.45) is 45.2 Å². The molecular formula is C36H69N11O4+4. The van der Waals surface area contributed by atoms with Crippen molar-refractivity contribution in [1.82, 2.24) is 10.9 Å². The van der Waals surface area contributed by atoms with E-state index in [1.54, 1.807) is 12.4 Å². The van der Waals surface area contributed by atoms with E-state index in [2.05, 4.69) is 36.0 Å². The van der Waals surface area contributed by atoms with Crippen molar-refractivity contribution in [3.63, 3.8) is 0 Å². The van der Waals surface area contributed by atoms with Crippen molar-refractivity contribution in [2.45, 2.75) is 135 Å². The molecule has 0 spiro atoms. The van der Waals surface area contributed by atoms with Gasteiger partial charge in [-0.2, -0.15) is 10.2 Å². The topological polar surface area (TPSA) is 263 Å². The normalized spacial score (nSPS) is 15.0. The molecule has 0 aliphatic heterocycles. The summed E-state index contributed by atoms with van der Waals surface area (Å²) in [6.45, 7) is 4.00. The van der Waals surface area contributed by atoms with Gasteiger partial charge >= 0.3 is 0 Å². The highest BCUT2D eigenvalue weighted by atomic mass is 16.2. The molecule has 0 saturated heterocycles. The molecule has 0 rings (SSSR count). The van der Waals surface area contributed by atoms with Crippen LogP contribution in [-0.4, -0.2) is 80.2 Å². The second-order valence-electron chi connectivity index (χ2n) is 13.4. The molecule has 13 N–H and O–H groups in total. The van der Waals surface area contributed by atoms with Crippen LogP contribution in [0.4, 0.5) is 0 Å². The quantitative estimate of drug-likeness (QED) is 0.00877. The van der Waals surface area contributed by atoms with Crippen LogP contribution in [0.1, 0.15) is 129 Å². The molecule has 4 unspecified atom stereocenters. The van der Waals surface area contributed by atoms with Crippen LogP contribution in [0, 0.1) is 17.8 Å². The predicted molar refractivity (Wildman–Crippen MR) is 203 cm³/mol. The van der Waals surface area contributed by atoms with Gasteiger partial charge in [-0.1, -0.05) is 39.5 Å². The number of unbranched alkanes of at least 4 members (excludes halogenated alkanes) is 6. The molecule has 0 heterocycles. The molecule has 0 bridgehead atoms. The molecule has 0 radical (unpaired) electrons. The zero-order valence-corrected chi connectivity index (χ0v) is 31.7. The van der Waals surface area contributed by atoms with Gasteiger partial charge in [-0.3, -0.25) is 47.2 Å². The lowest BCUT2D eigenvalue weighted by Gasteiger charge is -2.19. The maximum atomic E-state index is 12.2. The van der Waals surface area contributed by atoms with E-state index in [1.165, 1.54) is 0 Å². The van der Waals surface area contributed by atoms with Gasteiger partial charge in [0.25, 0.3) is 0 Å². The molecule has 4 atom stereocenters. The highest BCUT2D eigenvalue weighted by molar-refractivity contribution is 5.97. The number of hydrogen-bond acceptors (Lipinski definition) is 6. The van der Waals surface area contributed by atoms with E-state index >= 15 is 0 Å². The average molecular weight is 720 g/mol. The second-order valence-corrected chi connectivity index (χ2v) is 13.4. The van der Waals surface area contributed by atoms with Gasteiger partial charge < -0.3 is 9.59 Å². The number of amides is 2. The highest BCUT2D eigenvalue weighted by Gasteiger charge is 2.21. The van der Waals surface area contributed by atoms with Crippen LogP contribution >= 0.6 is 0 Å². The van der Waals surface area contributed by atoms with Crippen LogP contribution in [0.2, 0.25) is 0 Å². The smallest absolute Gasteiger partial charge is 0.249 e. The molecule has 0 aliphatic rings. The van der Waals surface area contributed by atoms with E-state index in [9.17, 15) is 19.2 Å². The maximum Gasteiger partial charge on any atom is 0.249 e. The van der Waals surface area contributed by atoms with E-state index in [0.717, 1.165) is 101 Å². The number of hydrogen-bond donors (Lipinski definition) is 9. The molecule has 0 saturated carbocycles. The molecule has 51 heavy (non-hydrogen) atoms. The lowest BCUT2D eigenvalue weighted by Crippen LogP contribution is -2.83. The number of nitrogens with zero attached hydrogens (tertiary/aromatic N) is 2. The van der Waals surface area contributed by atoms with Crippen molar-refractivity contribution in [1.29, 1.82) is 0 Å². The van der Waals surface area contributed by atoms with Crippen LogP contribution in [-0.2, 0) is 19.2 Å². The Bertz CT molecular complexity index is 1180. The van der Waals surface area contributed by atoms with Gasteiger partial charge in [-0.25, -0.2) is 10.9 Å². The Balaban J connectivity index is 4.50. The number of rotatable bonds is 31. The lowest BCUT2D eigenvalue weighted by atomic mass is 9.84. The summed E-state index contributed by atoms with van der Waals surface area (Å²) in [4.78, 5) is 56.1. The summed E-state index contributed by atoms with van der Waals surface area (Å²) >= 11 is 0. The van der Waals surface area contributed by atoms with Crippen molar-refractivity contribution in [2.75, 3.05) is 14.1 Å². The van der Waals surface area contributed by atoms with Gasteiger partial charge in [-0.15, -0.1) is 0 Å². The van der Waals surface area contributed by atoms with Crippen LogP contribution in [0.3, 0.4) is 0 Å². The minimum absolute atomic E-state index is 0.0119. The number of aldehydes is 2. The summed E-state index contributed by atoms with van der Waals surface area (Å²) < 4.78 is 0. The Morgan fingerprint density at radius 2 is 1.12 bits per heavy atom. The Labute approximate surface area is 304 Å². The molecule has 0 aromatic carbocycles.